The third-order valence-corrected chi connectivity index (χ3v) is 3.96. The highest BCUT2D eigenvalue weighted by Crippen LogP contribution is 2.30. The Morgan fingerprint density at radius 2 is 2.00 bits per heavy atom. The van der Waals surface area contributed by atoms with Crippen molar-refractivity contribution in [2.24, 2.45) is 0 Å². The molecule has 4 heterocycles. The lowest BCUT2D eigenvalue weighted by atomic mass is 9.95. The molecule has 22 heavy (non-hydrogen) atoms. The molecule has 0 unspecified atom stereocenters. The average molecular weight is 294 g/mol. The van der Waals surface area contributed by atoms with E-state index in [0.29, 0.717) is 0 Å². The van der Waals surface area contributed by atoms with E-state index in [1.807, 2.05) is 18.5 Å². The van der Waals surface area contributed by atoms with Gasteiger partial charge in [-0.2, -0.15) is 0 Å². The normalized spacial score (nSPS) is 14.6. The van der Waals surface area contributed by atoms with Gasteiger partial charge in [0.15, 0.2) is 0 Å². The smallest absolute Gasteiger partial charge is 0.142 e. The summed E-state index contributed by atoms with van der Waals surface area (Å²) in [6.45, 7) is 7.95. The number of aromatic amines is 1. The first-order chi connectivity index (χ1) is 10.5. The lowest BCUT2D eigenvalue weighted by Gasteiger charge is -2.17. The van der Waals surface area contributed by atoms with Crippen molar-refractivity contribution in [1.82, 2.24) is 24.9 Å². The first kappa shape index (κ1) is 13.2. The number of anilines is 1. The van der Waals surface area contributed by atoms with Gasteiger partial charge in [0.1, 0.15) is 23.6 Å². The summed E-state index contributed by atoms with van der Waals surface area (Å²) in [5, 5.41) is 1.04. The van der Waals surface area contributed by atoms with Gasteiger partial charge in [-0.3, -0.25) is 0 Å². The van der Waals surface area contributed by atoms with Crippen LogP contribution in [0.1, 0.15) is 37.9 Å². The first-order valence-corrected chi connectivity index (χ1v) is 7.41. The van der Waals surface area contributed by atoms with E-state index in [2.05, 4.69) is 45.6 Å². The maximum Gasteiger partial charge on any atom is 0.142 e. The number of nitrogens with zero attached hydrogens (tertiary/aromatic N) is 5. The molecule has 0 spiro atoms. The van der Waals surface area contributed by atoms with Crippen LogP contribution in [-0.2, 0) is 18.5 Å². The maximum absolute atomic E-state index is 4.76. The summed E-state index contributed by atoms with van der Waals surface area (Å²) in [6, 6.07) is 2.01. The van der Waals surface area contributed by atoms with Crippen molar-refractivity contribution in [3.63, 3.8) is 0 Å². The molecule has 0 fully saturated rings. The van der Waals surface area contributed by atoms with Crippen molar-refractivity contribution in [1.29, 1.82) is 0 Å². The second-order valence-corrected chi connectivity index (χ2v) is 6.71. The van der Waals surface area contributed by atoms with E-state index in [9.17, 15) is 0 Å². The maximum atomic E-state index is 4.76. The molecule has 6 heteroatoms. The number of nitrogens with one attached hydrogen (secondary N) is 1. The van der Waals surface area contributed by atoms with Gasteiger partial charge in [-0.1, -0.05) is 20.8 Å². The Bertz CT molecular complexity index is 845. The molecule has 112 valence electrons. The summed E-state index contributed by atoms with van der Waals surface area (Å²) in [4.78, 5) is 23.4. The number of aromatic nitrogens is 5. The first-order valence-electron chi connectivity index (χ1n) is 7.41. The highest BCUT2D eigenvalue weighted by molar-refractivity contribution is 5.87. The zero-order chi connectivity index (χ0) is 15.3. The van der Waals surface area contributed by atoms with Gasteiger partial charge >= 0.3 is 0 Å². The Hall–Kier alpha value is -2.50. The molecule has 1 aliphatic heterocycles. The van der Waals surface area contributed by atoms with Crippen molar-refractivity contribution in [2.45, 2.75) is 39.3 Å². The standard InChI is InChI=1S/C16H18N6/c1-16(2,3)15-18-6-10-7-22(8-12(10)21-15)14-11-4-5-17-13(11)19-9-20-14/h4-6,9H,7-8H2,1-3H3,(H,17,19,20). The molecule has 0 aromatic carbocycles. The number of hydrogen-bond donors (Lipinski definition) is 1. The fourth-order valence-corrected chi connectivity index (χ4v) is 2.78. The number of hydrogen-bond acceptors (Lipinski definition) is 5. The van der Waals surface area contributed by atoms with Gasteiger partial charge in [0.05, 0.1) is 17.6 Å². The predicted octanol–water partition coefficient (Wildman–Crippen LogP) is 2.57. The largest absolute Gasteiger partial charge is 0.346 e. The van der Waals surface area contributed by atoms with Gasteiger partial charge in [-0.15, -0.1) is 0 Å². The topological polar surface area (TPSA) is 70.6 Å². The van der Waals surface area contributed by atoms with Crippen LogP contribution in [-0.4, -0.2) is 24.9 Å². The van der Waals surface area contributed by atoms with Gasteiger partial charge in [0.2, 0.25) is 0 Å². The third kappa shape index (κ3) is 2.03. The van der Waals surface area contributed by atoms with Crippen molar-refractivity contribution in [2.75, 3.05) is 4.90 Å². The highest BCUT2D eigenvalue weighted by Gasteiger charge is 2.26. The molecule has 0 radical (unpaired) electrons. The molecule has 0 saturated heterocycles. The minimum Gasteiger partial charge on any atom is -0.346 e. The molecule has 0 amide bonds. The van der Waals surface area contributed by atoms with Crippen molar-refractivity contribution < 1.29 is 0 Å². The SMILES string of the molecule is CC(C)(C)c1ncc2c(n1)CN(c1ncnc3[nH]ccc13)C2. The molecule has 1 aliphatic rings. The quantitative estimate of drug-likeness (QED) is 0.747. The summed E-state index contributed by atoms with van der Waals surface area (Å²) in [6.07, 6.45) is 5.45. The van der Waals surface area contributed by atoms with Crippen LogP contribution in [0.25, 0.3) is 11.0 Å². The lowest BCUT2D eigenvalue weighted by Crippen LogP contribution is -2.18. The van der Waals surface area contributed by atoms with Crippen LogP contribution in [0.5, 0.6) is 0 Å². The lowest BCUT2D eigenvalue weighted by molar-refractivity contribution is 0.541. The Balaban J connectivity index is 1.71. The third-order valence-electron chi connectivity index (χ3n) is 3.96. The van der Waals surface area contributed by atoms with Crippen LogP contribution < -0.4 is 4.90 Å². The zero-order valence-electron chi connectivity index (χ0n) is 13.0. The average Bonchev–Trinajstić information content (AvgIpc) is 3.11. The Labute approximate surface area is 128 Å². The molecule has 0 atom stereocenters. The van der Waals surface area contributed by atoms with E-state index in [1.165, 1.54) is 5.56 Å². The zero-order valence-corrected chi connectivity index (χ0v) is 13.0. The summed E-state index contributed by atoms with van der Waals surface area (Å²) >= 11 is 0. The highest BCUT2D eigenvalue weighted by atomic mass is 15.2. The van der Waals surface area contributed by atoms with Gasteiger partial charge in [0.25, 0.3) is 0 Å². The summed E-state index contributed by atoms with van der Waals surface area (Å²) in [5.41, 5.74) is 3.10. The minimum atomic E-state index is -0.0364. The molecular weight excluding hydrogens is 276 g/mol. The fraction of sp³-hybridized carbons (Fsp3) is 0.375. The van der Waals surface area contributed by atoms with E-state index in [1.54, 1.807) is 6.33 Å². The molecule has 6 nitrogen and oxygen atoms in total. The summed E-state index contributed by atoms with van der Waals surface area (Å²) in [7, 11) is 0. The minimum absolute atomic E-state index is 0.0364. The van der Waals surface area contributed by atoms with Gasteiger partial charge < -0.3 is 9.88 Å². The van der Waals surface area contributed by atoms with Gasteiger partial charge in [-0.05, 0) is 6.07 Å². The van der Waals surface area contributed by atoms with Crippen molar-refractivity contribution in [3.8, 4) is 0 Å². The van der Waals surface area contributed by atoms with Crippen LogP contribution in [0.3, 0.4) is 0 Å². The number of fused-ring (bicyclic) bond motifs is 2. The van der Waals surface area contributed by atoms with E-state index in [4.69, 9.17) is 4.98 Å². The van der Waals surface area contributed by atoms with Crippen LogP contribution in [0, 0.1) is 0 Å². The molecule has 3 aromatic rings. The molecule has 3 aromatic heterocycles. The van der Waals surface area contributed by atoms with E-state index >= 15 is 0 Å². The second-order valence-electron chi connectivity index (χ2n) is 6.71. The van der Waals surface area contributed by atoms with Gasteiger partial charge in [0, 0.05) is 29.9 Å². The van der Waals surface area contributed by atoms with Crippen LogP contribution in [0.2, 0.25) is 0 Å². The van der Waals surface area contributed by atoms with Crippen molar-refractivity contribution in [3.05, 3.63) is 41.9 Å². The van der Waals surface area contributed by atoms with Crippen molar-refractivity contribution >= 4 is 16.9 Å². The second kappa shape index (κ2) is 4.50. The van der Waals surface area contributed by atoms with Crippen LogP contribution >= 0.6 is 0 Å². The Morgan fingerprint density at radius 3 is 2.82 bits per heavy atom. The van der Waals surface area contributed by atoms with E-state index in [0.717, 1.165) is 41.5 Å². The fourth-order valence-electron chi connectivity index (χ4n) is 2.78. The monoisotopic (exact) mass is 294 g/mol. The Morgan fingerprint density at radius 1 is 1.14 bits per heavy atom. The number of H-pyrrole nitrogens is 1. The molecular formula is C16H18N6. The molecule has 1 N–H and O–H groups in total. The van der Waals surface area contributed by atoms with Gasteiger partial charge in [-0.25, -0.2) is 19.9 Å². The molecule has 0 bridgehead atoms. The molecule has 0 aliphatic carbocycles. The predicted molar refractivity (Wildman–Crippen MR) is 84.5 cm³/mol. The summed E-state index contributed by atoms with van der Waals surface area (Å²) in [5.74, 6) is 1.84. The molecule has 0 saturated carbocycles. The molecule has 4 rings (SSSR count). The van der Waals surface area contributed by atoms with E-state index < -0.39 is 0 Å². The van der Waals surface area contributed by atoms with E-state index in [-0.39, 0.29) is 5.41 Å². The van der Waals surface area contributed by atoms with Crippen LogP contribution in [0.4, 0.5) is 5.82 Å². The Kier molecular flexibility index (Phi) is 2.69. The summed E-state index contributed by atoms with van der Waals surface area (Å²) < 4.78 is 0. The van der Waals surface area contributed by atoms with Crippen LogP contribution in [0.15, 0.2) is 24.8 Å². The number of rotatable bonds is 1.